The second-order valence-electron chi connectivity index (χ2n) is 6.67. The summed E-state index contributed by atoms with van der Waals surface area (Å²) in [5.74, 6) is 1.69. The maximum Gasteiger partial charge on any atom is 0.251 e. The SMILES string of the molecule is CN=C(NCc1ccc(Cl)cc1OC)N1CCN(C(=O)C2CCCO2)CC1.I. The number of methoxy groups -OCH3 is 1. The molecule has 1 aromatic carbocycles. The molecule has 1 aromatic rings. The molecule has 7 nitrogen and oxygen atoms in total. The minimum Gasteiger partial charge on any atom is -0.496 e. The Hall–Kier alpha value is -1.26. The molecule has 2 aliphatic heterocycles. The Labute approximate surface area is 188 Å². The number of ether oxygens (including phenoxy) is 2. The van der Waals surface area contributed by atoms with Crippen molar-refractivity contribution in [2.75, 3.05) is 46.9 Å². The summed E-state index contributed by atoms with van der Waals surface area (Å²) in [6.45, 7) is 4.14. The molecule has 2 fully saturated rings. The average molecular weight is 523 g/mol. The van der Waals surface area contributed by atoms with E-state index in [1.807, 2.05) is 17.0 Å². The van der Waals surface area contributed by atoms with Gasteiger partial charge in [0.05, 0.1) is 7.11 Å². The van der Waals surface area contributed by atoms with Crippen LogP contribution < -0.4 is 10.1 Å². The van der Waals surface area contributed by atoms with Crippen molar-refractivity contribution >= 4 is 47.4 Å². The summed E-state index contributed by atoms with van der Waals surface area (Å²) in [5, 5.41) is 4.02. The lowest BCUT2D eigenvalue weighted by Gasteiger charge is -2.37. The van der Waals surface area contributed by atoms with E-state index in [0.717, 1.165) is 43.2 Å². The number of hydrogen-bond donors (Lipinski definition) is 1. The van der Waals surface area contributed by atoms with E-state index in [1.54, 1.807) is 20.2 Å². The van der Waals surface area contributed by atoms with Crippen molar-refractivity contribution in [1.82, 2.24) is 15.1 Å². The summed E-state index contributed by atoms with van der Waals surface area (Å²) < 4.78 is 10.9. The van der Waals surface area contributed by atoms with Gasteiger partial charge in [-0.1, -0.05) is 17.7 Å². The maximum absolute atomic E-state index is 12.5. The van der Waals surface area contributed by atoms with Gasteiger partial charge in [0.25, 0.3) is 5.91 Å². The Morgan fingerprint density at radius 1 is 1.32 bits per heavy atom. The van der Waals surface area contributed by atoms with E-state index in [9.17, 15) is 4.79 Å². The van der Waals surface area contributed by atoms with Gasteiger partial charge in [-0.3, -0.25) is 9.79 Å². The first-order valence-electron chi connectivity index (χ1n) is 9.30. The van der Waals surface area contributed by atoms with Crippen LogP contribution in [0.4, 0.5) is 0 Å². The Bertz CT molecular complexity index is 690. The second kappa shape index (κ2) is 11.1. The summed E-state index contributed by atoms with van der Waals surface area (Å²) in [6, 6.07) is 5.59. The molecule has 0 aromatic heterocycles. The summed E-state index contributed by atoms with van der Waals surface area (Å²) in [7, 11) is 3.40. The third-order valence-electron chi connectivity index (χ3n) is 4.99. The van der Waals surface area contributed by atoms with Gasteiger partial charge in [-0.05, 0) is 25.0 Å². The Kier molecular flexibility index (Phi) is 9.10. The van der Waals surface area contributed by atoms with Crippen molar-refractivity contribution in [3.05, 3.63) is 28.8 Å². The third-order valence-corrected chi connectivity index (χ3v) is 5.23. The molecular formula is C19H28ClIN4O3. The Balaban J connectivity index is 0.00000280. The van der Waals surface area contributed by atoms with E-state index in [4.69, 9.17) is 21.1 Å². The topological polar surface area (TPSA) is 66.4 Å². The summed E-state index contributed by atoms with van der Waals surface area (Å²) in [6.07, 6.45) is 1.57. The van der Waals surface area contributed by atoms with E-state index >= 15 is 0 Å². The molecule has 0 radical (unpaired) electrons. The first-order valence-corrected chi connectivity index (χ1v) is 9.68. The number of carbonyl (C=O) groups excluding carboxylic acids is 1. The second-order valence-corrected chi connectivity index (χ2v) is 7.11. The molecule has 2 saturated heterocycles. The highest BCUT2D eigenvalue weighted by molar-refractivity contribution is 14.0. The van der Waals surface area contributed by atoms with Crippen molar-refractivity contribution in [3.63, 3.8) is 0 Å². The fourth-order valence-corrected chi connectivity index (χ4v) is 3.65. The number of nitrogens with zero attached hydrogens (tertiary/aromatic N) is 3. The van der Waals surface area contributed by atoms with Crippen LogP contribution in [-0.4, -0.2) is 74.7 Å². The molecule has 0 saturated carbocycles. The standard InChI is InChI=1S/C19H27ClN4O3.HI/c1-21-19(22-13-14-5-6-15(20)12-17(14)26-2)24-9-7-23(8-10-24)18(25)16-4-3-11-27-16;/h5-6,12,16H,3-4,7-11,13H2,1-2H3,(H,21,22);1H. The molecule has 1 amide bonds. The molecular weight excluding hydrogens is 495 g/mol. The Morgan fingerprint density at radius 2 is 2.04 bits per heavy atom. The molecule has 2 aliphatic rings. The lowest BCUT2D eigenvalue weighted by Crippen LogP contribution is -2.55. The zero-order valence-electron chi connectivity index (χ0n) is 16.3. The summed E-state index contributed by atoms with van der Waals surface area (Å²) >= 11 is 6.02. The van der Waals surface area contributed by atoms with Gasteiger partial charge in [0.2, 0.25) is 0 Å². The number of hydrogen-bond acceptors (Lipinski definition) is 4. The molecule has 1 unspecified atom stereocenters. The van der Waals surface area contributed by atoms with E-state index in [2.05, 4.69) is 15.2 Å². The highest BCUT2D eigenvalue weighted by Crippen LogP contribution is 2.23. The average Bonchev–Trinajstić information content (AvgIpc) is 3.24. The molecule has 1 atom stereocenters. The molecule has 3 rings (SSSR count). The normalized spacial score (nSPS) is 20.0. The van der Waals surface area contributed by atoms with Crippen molar-refractivity contribution in [3.8, 4) is 5.75 Å². The van der Waals surface area contributed by atoms with Gasteiger partial charge >= 0.3 is 0 Å². The zero-order chi connectivity index (χ0) is 19.2. The number of benzene rings is 1. The molecule has 1 N–H and O–H groups in total. The van der Waals surface area contributed by atoms with E-state index < -0.39 is 0 Å². The van der Waals surface area contributed by atoms with E-state index in [0.29, 0.717) is 31.3 Å². The van der Waals surface area contributed by atoms with E-state index in [-0.39, 0.29) is 36.0 Å². The van der Waals surface area contributed by atoms with Crippen LogP contribution in [0.3, 0.4) is 0 Å². The van der Waals surface area contributed by atoms with Crippen LogP contribution >= 0.6 is 35.6 Å². The number of rotatable bonds is 4. The number of guanidine groups is 1. The minimum absolute atomic E-state index is 0. The van der Waals surface area contributed by atoms with Gasteiger partial charge in [0.1, 0.15) is 11.9 Å². The number of nitrogens with one attached hydrogen (secondary N) is 1. The third kappa shape index (κ3) is 5.64. The lowest BCUT2D eigenvalue weighted by molar-refractivity contribution is -0.142. The first kappa shape index (κ1) is 23.0. The molecule has 156 valence electrons. The van der Waals surface area contributed by atoms with Gasteiger partial charge in [-0.15, -0.1) is 24.0 Å². The molecule has 0 bridgehead atoms. The highest BCUT2D eigenvalue weighted by Gasteiger charge is 2.30. The van der Waals surface area contributed by atoms with Gasteiger partial charge in [-0.25, -0.2) is 0 Å². The molecule has 0 aliphatic carbocycles. The molecule has 28 heavy (non-hydrogen) atoms. The smallest absolute Gasteiger partial charge is 0.251 e. The van der Waals surface area contributed by atoms with Gasteiger partial charge in [0, 0.05) is 57.0 Å². The number of amides is 1. The van der Waals surface area contributed by atoms with Gasteiger partial charge < -0.3 is 24.6 Å². The number of halogens is 2. The van der Waals surface area contributed by atoms with Crippen LogP contribution in [0, 0.1) is 0 Å². The van der Waals surface area contributed by atoms with Crippen molar-refractivity contribution in [2.45, 2.75) is 25.5 Å². The molecule has 9 heteroatoms. The summed E-state index contributed by atoms with van der Waals surface area (Å²) in [5.41, 5.74) is 1.01. The van der Waals surface area contributed by atoms with Crippen molar-refractivity contribution in [2.24, 2.45) is 4.99 Å². The maximum atomic E-state index is 12.5. The van der Waals surface area contributed by atoms with E-state index in [1.165, 1.54) is 0 Å². The van der Waals surface area contributed by atoms with Gasteiger partial charge in [0.15, 0.2) is 5.96 Å². The monoisotopic (exact) mass is 522 g/mol. The zero-order valence-corrected chi connectivity index (χ0v) is 19.4. The highest BCUT2D eigenvalue weighted by atomic mass is 127. The number of piperazine rings is 1. The predicted octanol–water partition coefficient (Wildman–Crippen LogP) is 2.37. The molecule has 0 spiro atoms. The Morgan fingerprint density at radius 3 is 2.64 bits per heavy atom. The fraction of sp³-hybridized carbons (Fsp3) is 0.579. The quantitative estimate of drug-likeness (QED) is 0.374. The van der Waals surface area contributed by atoms with Crippen LogP contribution in [0.2, 0.25) is 5.02 Å². The summed E-state index contributed by atoms with van der Waals surface area (Å²) in [4.78, 5) is 20.9. The first-order chi connectivity index (χ1) is 13.1. The van der Waals surface area contributed by atoms with Gasteiger partial charge in [-0.2, -0.15) is 0 Å². The predicted molar refractivity (Wildman–Crippen MR) is 121 cm³/mol. The molecule has 2 heterocycles. The van der Waals surface area contributed by atoms with Crippen LogP contribution in [0.5, 0.6) is 5.75 Å². The number of carbonyl (C=O) groups is 1. The van der Waals surface area contributed by atoms with Crippen molar-refractivity contribution in [1.29, 1.82) is 0 Å². The van der Waals surface area contributed by atoms with Crippen LogP contribution in [-0.2, 0) is 16.1 Å². The minimum atomic E-state index is -0.244. The lowest BCUT2D eigenvalue weighted by atomic mass is 10.2. The largest absolute Gasteiger partial charge is 0.496 e. The van der Waals surface area contributed by atoms with Crippen LogP contribution in [0.25, 0.3) is 0 Å². The number of aliphatic imine (C=N–C) groups is 1. The van der Waals surface area contributed by atoms with Crippen LogP contribution in [0.1, 0.15) is 18.4 Å². The van der Waals surface area contributed by atoms with Crippen molar-refractivity contribution < 1.29 is 14.3 Å². The van der Waals surface area contributed by atoms with Crippen LogP contribution in [0.15, 0.2) is 23.2 Å². The fourth-order valence-electron chi connectivity index (χ4n) is 3.49.